The summed E-state index contributed by atoms with van der Waals surface area (Å²) in [6, 6.07) is 8.66. The fourth-order valence-corrected chi connectivity index (χ4v) is 3.35. The Morgan fingerprint density at radius 2 is 2.21 bits per heavy atom. The van der Waals surface area contributed by atoms with Gasteiger partial charge in [-0.3, -0.25) is 4.79 Å². The first-order valence-electron chi connectivity index (χ1n) is 7.39. The second-order valence-corrected chi connectivity index (χ2v) is 5.64. The molecule has 1 aromatic carbocycles. The Labute approximate surface area is 115 Å². The molecule has 1 saturated heterocycles. The van der Waals surface area contributed by atoms with Crippen LogP contribution < -0.4 is 5.32 Å². The Bertz CT molecular complexity index is 470. The minimum atomic E-state index is 0.0501. The van der Waals surface area contributed by atoms with Crippen LogP contribution in [0, 0.1) is 0 Å². The highest BCUT2D eigenvalue weighted by Crippen LogP contribution is 2.35. The molecule has 0 aromatic heterocycles. The molecule has 1 heterocycles. The lowest BCUT2D eigenvalue weighted by Gasteiger charge is -2.38. The van der Waals surface area contributed by atoms with Gasteiger partial charge in [0.15, 0.2) is 0 Å². The van der Waals surface area contributed by atoms with Gasteiger partial charge < -0.3 is 10.2 Å². The number of fused-ring (bicyclic) bond motifs is 1. The van der Waals surface area contributed by atoms with Crippen LogP contribution in [0.4, 0.5) is 0 Å². The van der Waals surface area contributed by atoms with E-state index >= 15 is 0 Å². The Balaban J connectivity index is 1.63. The number of amides is 1. The highest BCUT2D eigenvalue weighted by molar-refractivity contribution is 5.82. The molecule has 19 heavy (non-hydrogen) atoms. The molecule has 3 nitrogen and oxygen atoms in total. The predicted molar refractivity (Wildman–Crippen MR) is 76.2 cm³/mol. The molecule has 0 bridgehead atoms. The van der Waals surface area contributed by atoms with Crippen LogP contribution in [0.25, 0.3) is 0 Å². The van der Waals surface area contributed by atoms with Crippen molar-refractivity contribution < 1.29 is 4.79 Å². The molecule has 0 spiro atoms. The van der Waals surface area contributed by atoms with Gasteiger partial charge in [-0.2, -0.15) is 0 Å². The standard InChI is InChI=1S/C16H22N2O/c1-2-17-15-8-5-9-18(16(15)19)11-13-10-12-6-3-4-7-14(12)13/h3-4,6-7,13,15,17H,2,5,8-11H2,1H3. The molecule has 1 amide bonds. The Morgan fingerprint density at radius 3 is 3.00 bits per heavy atom. The number of benzene rings is 1. The number of likely N-dealkylation sites (tertiary alicyclic amines) is 1. The topological polar surface area (TPSA) is 32.3 Å². The first-order chi connectivity index (χ1) is 9.29. The van der Waals surface area contributed by atoms with Gasteiger partial charge in [-0.25, -0.2) is 0 Å². The van der Waals surface area contributed by atoms with Crippen LogP contribution in [0.5, 0.6) is 0 Å². The van der Waals surface area contributed by atoms with Gasteiger partial charge >= 0.3 is 0 Å². The van der Waals surface area contributed by atoms with Crippen LogP contribution in [0.2, 0.25) is 0 Å². The van der Waals surface area contributed by atoms with Crippen molar-refractivity contribution in [1.29, 1.82) is 0 Å². The average molecular weight is 258 g/mol. The molecule has 2 atom stereocenters. The number of likely N-dealkylation sites (N-methyl/N-ethyl adjacent to an activating group) is 1. The van der Waals surface area contributed by atoms with Gasteiger partial charge in [0.05, 0.1) is 6.04 Å². The van der Waals surface area contributed by atoms with Gasteiger partial charge in [0.2, 0.25) is 5.91 Å². The average Bonchev–Trinajstić information content (AvgIpc) is 2.40. The Hall–Kier alpha value is -1.35. The number of carbonyl (C=O) groups excluding carboxylic acids is 1. The maximum Gasteiger partial charge on any atom is 0.239 e. The minimum Gasteiger partial charge on any atom is -0.341 e. The van der Waals surface area contributed by atoms with Crippen molar-refractivity contribution in [3.8, 4) is 0 Å². The van der Waals surface area contributed by atoms with Gasteiger partial charge in [-0.15, -0.1) is 0 Å². The molecule has 1 aromatic rings. The van der Waals surface area contributed by atoms with Crippen molar-refractivity contribution in [3.63, 3.8) is 0 Å². The lowest BCUT2D eigenvalue weighted by molar-refractivity contribution is -0.136. The summed E-state index contributed by atoms with van der Waals surface area (Å²) in [6.45, 7) is 4.77. The fourth-order valence-electron chi connectivity index (χ4n) is 3.35. The van der Waals surface area contributed by atoms with Crippen LogP contribution in [-0.4, -0.2) is 36.5 Å². The van der Waals surface area contributed by atoms with E-state index in [1.807, 2.05) is 0 Å². The van der Waals surface area contributed by atoms with E-state index in [1.54, 1.807) is 0 Å². The Kier molecular flexibility index (Phi) is 3.56. The first kappa shape index (κ1) is 12.7. The molecular formula is C16H22N2O. The van der Waals surface area contributed by atoms with E-state index in [0.717, 1.165) is 38.9 Å². The number of nitrogens with zero attached hydrogens (tertiary/aromatic N) is 1. The summed E-state index contributed by atoms with van der Waals surface area (Å²) >= 11 is 0. The van der Waals surface area contributed by atoms with Crippen LogP contribution in [-0.2, 0) is 11.2 Å². The van der Waals surface area contributed by atoms with Gasteiger partial charge in [-0.1, -0.05) is 31.2 Å². The quantitative estimate of drug-likeness (QED) is 0.895. The molecule has 1 aliphatic heterocycles. The number of hydrogen-bond acceptors (Lipinski definition) is 2. The Morgan fingerprint density at radius 1 is 1.37 bits per heavy atom. The monoisotopic (exact) mass is 258 g/mol. The summed E-state index contributed by atoms with van der Waals surface area (Å²) in [5, 5.41) is 3.30. The van der Waals surface area contributed by atoms with Crippen LogP contribution in [0.15, 0.2) is 24.3 Å². The van der Waals surface area contributed by atoms with E-state index in [-0.39, 0.29) is 6.04 Å². The third kappa shape index (κ3) is 2.39. The van der Waals surface area contributed by atoms with Crippen molar-refractivity contribution in [2.75, 3.05) is 19.6 Å². The number of rotatable bonds is 4. The molecule has 2 aliphatic rings. The summed E-state index contributed by atoms with van der Waals surface area (Å²) in [7, 11) is 0. The molecule has 0 radical (unpaired) electrons. The van der Waals surface area contributed by atoms with Crippen LogP contribution in [0.3, 0.4) is 0 Å². The number of piperidine rings is 1. The molecule has 2 unspecified atom stereocenters. The number of carbonyl (C=O) groups is 1. The van der Waals surface area contributed by atoms with Crippen molar-refractivity contribution in [1.82, 2.24) is 10.2 Å². The zero-order valence-corrected chi connectivity index (χ0v) is 11.6. The minimum absolute atomic E-state index is 0.0501. The molecule has 1 fully saturated rings. The fraction of sp³-hybridized carbons (Fsp3) is 0.562. The van der Waals surface area contributed by atoms with Gasteiger partial charge in [0.25, 0.3) is 0 Å². The van der Waals surface area contributed by atoms with Crippen molar-refractivity contribution in [2.45, 2.75) is 38.1 Å². The molecule has 102 valence electrons. The summed E-state index contributed by atoms with van der Waals surface area (Å²) in [5.41, 5.74) is 2.90. The smallest absolute Gasteiger partial charge is 0.239 e. The van der Waals surface area contributed by atoms with E-state index in [0.29, 0.717) is 11.8 Å². The summed E-state index contributed by atoms with van der Waals surface area (Å²) in [4.78, 5) is 14.4. The third-order valence-electron chi connectivity index (χ3n) is 4.38. The lowest BCUT2D eigenvalue weighted by atomic mass is 9.77. The SMILES string of the molecule is CCNC1CCCN(CC2Cc3ccccc32)C1=O. The van der Waals surface area contributed by atoms with Crippen LogP contribution in [0.1, 0.15) is 36.8 Å². The van der Waals surface area contributed by atoms with Gasteiger partial charge in [-0.05, 0) is 36.9 Å². The maximum atomic E-state index is 12.4. The van der Waals surface area contributed by atoms with E-state index in [9.17, 15) is 4.79 Å². The number of hydrogen-bond donors (Lipinski definition) is 1. The normalized spacial score (nSPS) is 25.9. The van der Waals surface area contributed by atoms with Gasteiger partial charge in [0.1, 0.15) is 0 Å². The first-order valence-corrected chi connectivity index (χ1v) is 7.39. The molecule has 0 saturated carbocycles. The van der Waals surface area contributed by atoms with Gasteiger partial charge in [0, 0.05) is 19.0 Å². The summed E-state index contributed by atoms with van der Waals surface area (Å²) < 4.78 is 0. The zero-order chi connectivity index (χ0) is 13.2. The molecule has 1 N–H and O–H groups in total. The van der Waals surface area contributed by atoms with E-state index in [4.69, 9.17) is 0 Å². The molecule has 1 aliphatic carbocycles. The van der Waals surface area contributed by atoms with Crippen molar-refractivity contribution >= 4 is 5.91 Å². The highest BCUT2D eigenvalue weighted by atomic mass is 16.2. The number of nitrogens with one attached hydrogen (secondary N) is 1. The maximum absolute atomic E-state index is 12.4. The lowest BCUT2D eigenvalue weighted by Crippen LogP contribution is -2.52. The largest absolute Gasteiger partial charge is 0.341 e. The summed E-state index contributed by atoms with van der Waals surface area (Å²) in [6.07, 6.45) is 3.24. The van der Waals surface area contributed by atoms with E-state index in [1.165, 1.54) is 11.1 Å². The van der Waals surface area contributed by atoms with Crippen LogP contribution >= 0.6 is 0 Å². The second-order valence-electron chi connectivity index (χ2n) is 5.64. The van der Waals surface area contributed by atoms with Crippen molar-refractivity contribution in [2.24, 2.45) is 0 Å². The van der Waals surface area contributed by atoms with E-state index in [2.05, 4.69) is 41.4 Å². The summed E-state index contributed by atoms with van der Waals surface area (Å²) in [5.74, 6) is 0.859. The van der Waals surface area contributed by atoms with E-state index < -0.39 is 0 Å². The second kappa shape index (κ2) is 5.33. The molecular weight excluding hydrogens is 236 g/mol. The zero-order valence-electron chi connectivity index (χ0n) is 11.6. The third-order valence-corrected chi connectivity index (χ3v) is 4.38. The predicted octanol–water partition coefficient (Wildman–Crippen LogP) is 1.93. The molecule has 3 rings (SSSR count). The highest BCUT2D eigenvalue weighted by Gasteiger charge is 2.33. The van der Waals surface area contributed by atoms with Crippen molar-refractivity contribution in [3.05, 3.63) is 35.4 Å². The molecule has 3 heteroatoms.